The molecule has 0 aliphatic rings. The summed E-state index contributed by atoms with van der Waals surface area (Å²) in [5.74, 6) is -0.280. The standard InChI is InChI=1S/C17H18N4O4S/c1-25-20-26(23,24)15-7-5-13(6-8-15)17(22)18-10-9-14-12-21-11-3-2-4-16(21)19-14/h2-8,11-12,20H,9-10H2,1H3,(H,18,22). The van der Waals surface area contributed by atoms with Gasteiger partial charge in [-0.25, -0.2) is 13.4 Å². The Morgan fingerprint density at radius 3 is 2.65 bits per heavy atom. The van der Waals surface area contributed by atoms with E-state index < -0.39 is 10.0 Å². The Kier molecular flexibility index (Phi) is 5.31. The molecule has 0 spiro atoms. The van der Waals surface area contributed by atoms with Crippen LogP contribution in [-0.2, 0) is 21.3 Å². The van der Waals surface area contributed by atoms with Gasteiger partial charge < -0.3 is 9.72 Å². The third kappa shape index (κ3) is 4.07. The topological polar surface area (TPSA) is 102 Å². The van der Waals surface area contributed by atoms with Gasteiger partial charge in [-0.15, -0.1) is 0 Å². The molecule has 1 aromatic carbocycles. The van der Waals surface area contributed by atoms with Crippen LogP contribution < -0.4 is 10.2 Å². The van der Waals surface area contributed by atoms with Crippen LogP contribution in [0.3, 0.4) is 0 Å². The average molecular weight is 374 g/mol. The molecule has 1 amide bonds. The molecule has 0 aliphatic heterocycles. The molecule has 2 N–H and O–H groups in total. The lowest BCUT2D eigenvalue weighted by Crippen LogP contribution is -2.26. The number of hydrogen-bond acceptors (Lipinski definition) is 5. The van der Waals surface area contributed by atoms with Crippen molar-refractivity contribution in [3.8, 4) is 0 Å². The van der Waals surface area contributed by atoms with Crippen LogP contribution in [0.4, 0.5) is 0 Å². The molecule has 0 radical (unpaired) electrons. The van der Waals surface area contributed by atoms with Crippen molar-refractivity contribution >= 4 is 21.6 Å². The maximum atomic E-state index is 12.2. The van der Waals surface area contributed by atoms with Crippen molar-refractivity contribution in [3.63, 3.8) is 0 Å². The zero-order valence-corrected chi connectivity index (χ0v) is 14.9. The molecule has 0 bridgehead atoms. The fourth-order valence-electron chi connectivity index (χ4n) is 2.46. The van der Waals surface area contributed by atoms with Gasteiger partial charge in [0.15, 0.2) is 0 Å². The van der Waals surface area contributed by atoms with Gasteiger partial charge in [0.05, 0.1) is 17.7 Å². The number of aromatic nitrogens is 2. The normalized spacial score (nSPS) is 11.6. The number of nitrogens with one attached hydrogen (secondary N) is 2. The molecule has 0 saturated carbocycles. The van der Waals surface area contributed by atoms with Crippen LogP contribution in [0.1, 0.15) is 16.1 Å². The summed E-state index contributed by atoms with van der Waals surface area (Å²) in [5.41, 5.74) is 2.11. The largest absolute Gasteiger partial charge is 0.352 e. The van der Waals surface area contributed by atoms with Crippen LogP contribution in [0.2, 0.25) is 0 Å². The van der Waals surface area contributed by atoms with E-state index in [2.05, 4.69) is 15.1 Å². The van der Waals surface area contributed by atoms with E-state index in [1.807, 2.05) is 39.9 Å². The second-order valence-electron chi connectivity index (χ2n) is 5.52. The third-order valence-corrected chi connectivity index (χ3v) is 4.98. The number of carbonyl (C=O) groups excluding carboxylic acids is 1. The highest BCUT2D eigenvalue weighted by molar-refractivity contribution is 7.89. The number of hydrogen-bond donors (Lipinski definition) is 2. The van der Waals surface area contributed by atoms with Gasteiger partial charge in [-0.2, -0.15) is 0 Å². The number of imidazole rings is 1. The minimum Gasteiger partial charge on any atom is -0.352 e. The summed E-state index contributed by atoms with van der Waals surface area (Å²) >= 11 is 0. The quantitative estimate of drug-likeness (QED) is 0.604. The summed E-state index contributed by atoms with van der Waals surface area (Å²) in [6, 6.07) is 11.3. The zero-order valence-electron chi connectivity index (χ0n) is 14.0. The SMILES string of the molecule is CONS(=O)(=O)c1ccc(C(=O)NCCc2cn3ccccc3n2)cc1. The monoisotopic (exact) mass is 374 g/mol. The van der Waals surface area contributed by atoms with E-state index in [1.165, 1.54) is 31.4 Å². The molecule has 9 heteroatoms. The molecule has 26 heavy (non-hydrogen) atoms. The first kappa shape index (κ1) is 18.1. The van der Waals surface area contributed by atoms with Crippen molar-refractivity contribution < 1.29 is 18.0 Å². The van der Waals surface area contributed by atoms with E-state index in [0.717, 1.165) is 11.3 Å². The van der Waals surface area contributed by atoms with Crippen molar-refractivity contribution in [1.82, 2.24) is 19.6 Å². The van der Waals surface area contributed by atoms with E-state index in [9.17, 15) is 13.2 Å². The first-order valence-corrected chi connectivity index (χ1v) is 9.33. The minimum absolute atomic E-state index is 0.0144. The molecule has 2 aromatic heterocycles. The van der Waals surface area contributed by atoms with E-state index in [4.69, 9.17) is 0 Å². The summed E-state index contributed by atoms with van der Waals surface area (Å²) in [6.07, 6.45) is 4.43. The maximum absolute atomic E-state index is 12.2. The van der Waals surface area contributed by atoms with Crippen LogP contribution in [0.5, 0.6) is 0 Å². The number of rotatable bonds is 7. The van der Waals surface area contributed by atoms with E-state index in [0.29, 0.717) is 18.5 Å². The fourth-order valence-corrected chi connectivity index (χ4v) is 3.27. The second kappa shape index (κ2) is 7.65. The molecule has 0 atom stereocenters. The van der Waals surface area contributed by atoms with E-state index in [1.54, 1.807) is 0 Å². The Bertz CT molecular complexity index is 980. The van der Waals surface area contributed by atoms with Crippen LogP contribution in [-0.4, -0.2) is 37.4 Å². The molecule has 136 valence electrons. The Morgan fingerprint density at radius 2 is 1.96 bits per heavy atom. The summed E-state index contributed by atoms with van der Waals surface area (Å²) in [7, 11) is -2.52. The van der Waals surface area contributed by atoms with Crippen LogP contribution in [0, 0.1) is 0 Å². The average Bonchev–Trinajstić information content (AvgIpc) is 3.04. The van der Waals surface area contributed by atoms with Gasteiger partial charge in [-0.05, 0) is 36.4 Å². The number of benzene rings is 1. The summed E-state index contributed by atoms with van der Waals surface area (Å²) in [4.78, 5) is 23.0. The van der Waals surface area contributed by atoms with Gasteiger partial charge in [-0.3, -0.25) is 9.63 Å². The van der Waals surface area contributed by atoms with Crippen molar-refractivity contribution in [2.24, 2.45) is 0 Å². The molecule has 0 fully saturated rings. The zero-order chi connectivity index (χ0) is 18.6. The lowest BCUT2D eigenvalue weighted by molar-refractivity contribution is 0.0954. The van der Waals surface area contributed by atoms with Gasteiger partial charge in [-0.1, -0.05) is 11.0 Å². The summed E-state index contributed by atoms with van der Waals surface area (Å²) < 4.78 is 25.5. The Morgan fingerprint density at radius 1 is 1.19 bits per heavy atom. The number of fused-ring (bicyclic) bond motifs is 1. The van der Waals surface area contributed by atoms with Crippen molar-refractivity contribution in [1.29, 1.82) is 0 Å². The van der Waals surface area contributed by atoms with Gasteiger partial charge in [0.1, 0.15) is 5.65 Å². The summed E-state index contributed by atoms with van der Waals surface area (Å²) in [5, 5.41) is 2.80. The predicted molar refractivity (Wildman–Crippen MR) is 95.0 cm³/mol. The number of nitrogens with zero attached hydrogens (tertiary/aromatic N) is 2. The summed E-state index contributed by atoms with van der Waals surface area (Å²) in [6.45, 7) is 0.425. The molecule has 2 heterocycles. The number of amides is 1. The molecule has 3 aromatic rings. The highest BCUT2D eigenvalue weighted by Gasteiger charge is 2.14. The fraction of sp³-hybridized carbons (Fsp3) is 0.176. The van der Waals surface area contributed by atoms with Crippen molar-refractivity contribution in [2.75, 3.05) is 13.7 Å². The van der Waals surface area contributed by atoms with Crippen LogP contribution >= 0.6 is 0 Å². The van der Waals surface area contributed by atoms with Gasteiger partial charge in [0, 0.05) is 30.9 Å². The van der Waals surface area contributed by atoms with Gasteiger partial charge >= 0.3 is 0 Å². The number of pyridine rings is 1. The third-order valence-electron chi connectivity index (χ3n) is 3.70. The van der Waals surface area contributed by atoms with E-state index >= 15 is 0 Å². The minimum atomic E-state index is -3.73. The first-order valence-electron chi connectivity index (χ1n) is 7.85. The second-order valence-corrected chi connectivity index (χ2v) is 7.16. The highest BCUT2D eigenvalue weighted by Crippen LogP contribution is 2.10. The Hall–Kier alpha value is -2.75. The lowest BCUT2D eigenvalue weighted by Gasteiger charge is -2.06. The first-order chi connectivity index (χ1) is 12.5. The van der Waals surface area contributed by atoms with E-state index in [-0.39, 0.29) is 10.8 Å². The predicted octanol–water partition coefficient (Wildman–Crippen LogP) is 1.15. The lowest BCUT2D eigenvalue weighted by atomic mass is 10.2. The Labute approximate surface area is 150 Å². The van der Waals surface area contributed by atoms with Crippen molar-refractivity contribution in [2.45, 2.75) is 11.3 Å². The molecular formula is C17H18N4O4S. The molecule has 0 unspecified atom stereocenters. The highest BCUT2D eigenvalue weighted by atomic mass is 32.2. The van der Waals surface area contributed by atoms with Gasteiger partial charge in [0.25, 0.3) is 15.9 Å². The van der Waals surface area contributed by atoms with Crippen LogP contribution in [0.15, 0.2) is 59.8 Å². The Balaban J connectivity index is 1.58. The smallest absolute Gasteiger partial charge is 0.262 e. The molecular weight excluding hydrogens is 356 g/mol. The van der Waals surface area contributed by atoms with Crippen molar-refractivity contribution in [3.05, 3.63) is 66.1 Å². The van der Waals surface area contributed by atoms with Gasteiger partial charge in [0.2, 0.25) is 0 Å². The maximum Gasteiger partial charge on any atom is 0.262 e. The molecule has 0 aliphatic carbocycles. The molecule has 0 saturated heterocycles. The number of carbonyl (C=O) groups is 1. The molecule has 3 rings (SSSR count). The molecule has 8 nitrogen and oxygen atoms in total. The number of sulfonamides is 1. The van der Waals surface area contributed by atoms with Crippen LogP contribution in [0.25, 0.3) is 5.65 Å².